The maximum atomic E-state index is 8.72. The molecule has 0 heterocycles. The largest absolute Gasteiger partial charge is 0.396 e. The molecule has 0 saturated carbocycles. The summed E-state index contributed by atoms with van der Waals surface area (Å²) < 4.78 is 0. The molecule has 0 saturated heterocycles. The average Bonchev–Trinajstić information content (AvgIpc) is 1.67. The van der Waals surface area contributed by atoms with Crippen LogP contribution in [0.4, 0.5) is 0 Å². The van der Waals surface area contributed by atoms with E-state index in [0.29, 0.717) is 0 Å². The van der Waals surface area contributed by atoms with E-state index in [2.05, 4.69) is 0 Å². The molecule has 0 amide bonds. The van der Waals surface area contributed by atoms with Crippen LogP contribution in [-0.2, 0) is 0 Å². The van der Waals surface area contributed by atoms with E-state index in [-0.39, 0.29) is 19.4 Å². The highest BCUT2D eigenvalue weighted by molar-refractivity contribution is 4.59. The fraction of sp³-hybridized carbons (Fsp3) is 1.00. The topological polar surface area (TPSA) is 60.7 Å². The van der Waals surface area contributed by atoms with Crippen molar-refractivity contribution in [2.45, 2.75) is 25.6 Å². The molecule has 8 heavy (non-hydrogen) atoms. The summed E-state index contributed by atoms with van der Waals surface area (Å²) in [6.45, 7) is 1.47. The van der Waals surface area contributed by atoms with Gasteiger partial charge in [0, 0.05) is 13.0 Å². The molecule has 0 aromatic carbocycles. The predicted molar refractivity (Wildman–Crippen MR) is 29.2 cm³/mol. The summed E-state index contributed by atoms with van der Waals surface area (Å²) in [6.07, 6.45) is 0.289. The minimum absolute atomic E-state index is 0.0312. The van der Waals surface area contributed by atoms with E-state index < -0.39 is 5.79 Å². The molecule has 50 valence electrons. The summed E-state index contributed by atoms with van der Waals surface area (Å²) in [5.41, 5.74) is 0. The van der Waals surface area contributed by atoms with Gasteiger partial charge in [0.15, 0.2) is 5.79 Å². The van der Waals surface area contributed by atoms with Crippen LogP contribution in [0.1, 0.15) is 19.8 Å². The van der Waals surface area contributed by atoms with E-state index in [1.54, 1.807) is 6.92 Å². The fourth-order valence-electron chi connectivity index (χ4n) is 0.356. The first-order valence-corrected chi connectivity index (χ1v) is 2.68. The second kappa shape index (κ2) is 3.02. The van der Waals surface area contributed by atoms with Crippen LogP contribution in [-0.4, -0.2) is 27.7 Å². The lowest BCUT2D eigenvalue weighted by molar-refractivity contribution is -0.172. The molecule has 0 aromatic heterocycles. The van der Waals surface area contributed by atoms with Crippen molar-refractivity contribution in [2.24, 2.45) is 0 Å². The van der Waals surface area contributed by atoms with Crippen LogP contribution in [0, 0.1) is 0 Å². The molecular weight excluding hydrogens is 108 g/mol. The van der Waals surface area contributed by atoms with Gasteiger partial charge in [0.2, 0.25) is 0 Å². The Morgan fingerprint density at radius 1 is 1.38 bits per heavy atom. The molecule has 0 aliphatic rings. The third kappa shape index (κ3) is 2.96. The lowest BCUT2D eigenvalue weighted by Gasteiger charge is -2.17. The monoisotopic (exact) mass is 120 g/mol. The minimum atomic E-state index is -1.66. The molecule has 0 fully saturated rings. The first kappa shape index (κ1) is 7.88. The Morgan fingerprint density at radius 3 is 2.00 bits per heavy atom. The van der Waals surface area contributed by atoms with E-state index in [0.717, 1.165) is 0 Å². The predicted octanol–water partition coefficient (Wildman–Crippen LogP) is -0.540. The Kier molecular flexibility index (Phi) is 2.97. The zero-order valence-corrected chi connectivity index (χ0v) is 4.96. The average molecular weight is 120 g/mol. The molecule has 0 rings (SSSR count). The molecule has 0 aliphatic carbocycles. The quantitative estimate of drug-likeness (QED) is 0.438. The maximum Gasteiger partial charge on any atom is 0.164 e. The van der Waals surface area contributed by atoms with Crippen molar-refractivity contribution < 1.29 is 15.3 Å². The second-order valence-electron chi connectivity index (χ2n) is 1.81. The summed E-state index contributed by atoms with van der Waals surface area (Å²) in [5.74, 6) is -1.66. The fourth-order valence-corrected chi connectivity index (χ4v) is 0.356. The van der Waals surface area contributed by atoms with Crippen molar-refractivity contribution in [1.29, 1.82) is 0 Å². The van der Waals surface area contributed by atoms with Gasteiger partial charge in [0.05, 0.1) is 0 Å². The Morgan fingerprint density at radius 2 is 1.88 bits per heavy atom. The van der Waals surface area contributed by atoms with E-state index in [9.17, 15) is 0 Å². The van der Waals surface area contributed by atoms with E-state index >= 15 is 0 Å². The van der Waals surface area contributed by atoms with Crippen LogP contribution >= 0.6 is 0 Å². The second-order valence-corrected chi connectivity index (χ2v) is 1.81. The highest BCUT2D eigenvalue weighted by Gasteiger charge is 2.17. The summed E-state index contributed by atoms with van der Waals surface area (Å²) >= 11 is 0. The van der Waals surface area contributed by atoms with Crippen molar-refractivity contribution >= 4 is 0 Å². The van der Waals surface area contributed by atoms with E-state index in [1.165, 1.54) is 0 Å². The molecule has 0 radical (unpaired) electrons. The van der Waals surface area contributed by atoms with E-state index in [1.807, 2.05) is 0 Å². The zero-order chi connectivity index (χ0) is 6.62. The SMILES string of the molecule is CCC(O)(O)CCO. The van der Waals surface area contributed by atoms with Gasteiger partial charge in [0.1, 0.15) is 0 Å². The van der Waals surface area contributed by atoms with Crippen molar-refractivity contribution in [1.82, 2.24) is 0 Å². The molecule has 0 atom stereocenters. The normalized spacial score (nSPS) is 12.0. The lowest BCUT2D eigenvalue weighted by Crippen LogP contribution is -2.27. The molecule has 0 unspecified atom stereocenters. The Bertz CT molecular complexity index is 60.7. The number of rotatable bonds is 3. The van der Waals surface area contributed by atoms with Gasteiger partial charge in [-0.15, -0.1) is 0 Å². The Hall–Kier alpha value is -0.120. The summed E-state index contributed by atoms with van der Waals surface area (Å²) in [5, 5.41) is 25.7. The minimum Gasteiger partial charge on any atom is -0.396 e. The molecule has 3 nitrogen and oxygen atoms in total. The zero-order valence-electron chi connectivity index (χ0n) is 4.96. The summed E-state index contributed by atoms with van der Waals surface area (Å²) in [4.78, 5) is 0. The third-order valence-corrected chi connectivity index (χ3v) is 1.08. The van der Waals surface area contributed by atoms with Crippen LogP contribution in [0.5, 0.6) is 0 Å². The third-order valence-electron chi connectivity index (χ3n) is 1.08. The molecule has 3 heteroatoms. The first-order valence-electron chi connectivity index (χ1n) is 2.68. The van der Waals surface area contributed by atoms with Crippen molar-refractivity contribution in [2.75, 3.05) is 6.61 Å². The van der Waals surface area contributed by atoms with Gasteiger partial charge >= 0.3 is 0 Å². The molecular formula is C5H12O3. The van der Waals surface area contributed by atoms with Crippen molar-refractivity contribution in [3.05, 3.63) is 0 Å². The highest BCUT2D eigenvalue weighted by atomic mass is 16.5. The Labute approximate surface area is 48.6 Å². The number of aliphatic hydroxyl groups is 3. The lowest BCUT2D eigenvalue weighted by atomic mass is 10.1. The van der Waals surface area contributed by atoms with Crippen LogP contribution in [0.25, 0.3) is 0 Å². The molecule has 0 spiro atoms. The molecule has 0 bridgehead atoms. The Balaban J connectivity index is 3.37. The van der Waals surface area contributed by atoms with Crippen molar-refractivity contribution in [3.8, 4) is 0 Å². The van der Waals surface area contributed by atoms with Gasteiger partial charge in [-0.3, -0.25) is 0 Å². The van der Waals surface area contributed by atoms with E-state index in [4.69, 9.17) is 15.3 Å². The van der Waals surface area contributed by atoms with Crippen molar-refractivity contribution in [3.63, 3.8) is 0 Å². The number of hydrogen-bond donors (Lipinski definition) is 3. The first-order chi connectivity index (χ1) is 3.62. The van der Waals surface area contributed by atoms with Gasteiger partial charge in [-0.05, 0) is 6.42 Å². The van der Waals surface area contributed by atoms with Gasteiger partial charge < -0.3 is 15.3 Å². The summed E-state index contributed by atoms with van der Waals surface area (Å²) in [6, 6.07) is 0. The van der Waals surface area contributed by atoms with Gasteiger partial charge in [0.25, 0.3) is 0 Å². The summed E-state index contributed by atoms with van der Waals surface area (Å²) in [7, 11) is 0. The van der Waals surface area contributed by atoms with Gasteiger partial charge in [-0.2, -0.15) is 0 Å². The maximum absolute atomic E-state index is 8.72. The standard InChI is InChI=1S/C5H12O3/c1-2-5(7,8)3-4-6/h6-8H,2-4H2,1H3. The number of hydrogen-bond acceptors (Lipinski definition) is 3. The highest BCUT2D eigenvalue weighted by Crippen LogP contribution is 2.08. The van der Waals surface area contributed by atoms with Crippen LogP contribution < -0.4 is 0 Å². The smallest absolute Gasteiger partial charge is 0.164 e. The molecule has 0 aliphatic heterocycles. The van der Waals surface area contributed by atoms with Crippen LogP contribution in [0.2, 0.25) is 0 Å². The van der Waals surface area contributed by atoms with Gasteiger partial charge in [-0.25, -0.2) is 0 Å². The van der Waals surface area contributed by atoms with Gasteiger partial charge in [-0.1, -0.05) is 6.92 Å². The van der Waals surface area contributed by atoms with Crippen LogP contribution in [0.3, 0.4) is 0 Å². The molecule has 3 N–H and O–H groups in total. The molecule has 0 aromatic rings. The van der Waals surface area contributed by atoms with Crippen LogP contribution in [0.15, 0.2) is 0 Å². The number of aliphatic hydroxyl groups excluding tert-OH is 1.